The first kappa shape index (κ1) is 23.1. The van der Waals surface area contributed by atoms with Crippen LogP contribution in [0.25, 0.3) is 0 Å². The Morgan fingerprint density at radius 1 is 1.07 bits per heavy atom. The van der Waals surface area contributed by atoms with E-state index in [1.165, 1.54) is 12.8 Å². The lowest BCUT2D eigenvalue weighted by molar-refractivity contribution is -0.0721. The lowest BCUT2D eigenvalue weighted by Gasteiger charge is -2.36. The zero-order valence-corrected chi connectivity index (χ0v) is 19.2. The summed E-state index contributed by atoms with van der Waals surface area (Å²) in [6, 6.07) is 0. The molecule has 1 N–H and O–H groups in total. The van der Waals surface area contributed by atoms with E-state index in [2.05, 4.69) is 27.2 Å². The molecule has 3 aliphatic rings. The van der Waals surface area contributed by atoms with Crippen molar-refractivity contribution >= 4 is 29.9 Å². The number of nitrogens with one attached hydrogen (secondary N) is 1. The van der Waals surface area contributed by atoms with Crippen molar-refractivity contribution in [2.45, 2.75) is 50.4 Å². The highest BCUT2D eigenvalue weighted by Gasteiger charge is 2.25. The number of ether oxygens (including phenoxy) is 3. The van der Waals surface area contributed by atoms with Crippen LogP contribution in [-0.4, -0.2) is 101 Å². The van der Waals surface area contributed by atoms with Crippen LogP contribution < -0.4 is 5.32 Å². The van der Waals surface area contributed by atoms with Crippen molar-refractivity contribution in [1.29, 1.82) is 0 Å². The molecule has 2 atom stereocenters. The van der Waals surface area contributed by atoms with E-state index in [1.807, 2.05) is 7.05 Å². The fourth-order valence-corrected chi connectivity index (χ4v) is 3.94. The number of nitrogens with zero attached hydrogens (tertiary/aromatic N) is 3. The third kappa shape index (κ3) is 7.64. The average Bonchev–Trinajstić information content (AvgIpc) is 2.69. The molecule has 0 spiro atoms. The van der Waals surface area contributed by atoms with E-state index in [9.17, 15) is 0 Å². The molecular weight excluding hydrogens is 459 g/mol. The van der Waals surface area contributed by atoms with E-state index in [1.54, 1.807) is 0 Å². The summed E-state index contributed by atoms with van der Waals surface area (Å²) >= 11 is 0. The molecule has 7 nitrogen and oxygen atoms in total. The Hall–Kier alpha value is -0.160. The molecule has 8 heteroatoms. The van der Waals surface area contributed by atoms with Crippen LogP contribution in [0.3, 0.4) is 0 Å². The molecule has 0 aromatic carbocycles. The Balaban J connectivity index is 0.00000261. The molecular formula is C19H37IN4O3. The summed E-state index contributed by atoms with van der Waals surface area (Å²) in [7, 11) is 4.01. The van der Waals surface area contributed by atoms with Crippen LogP contribution in [0.1, 0.15) is 32.1 Å². The van der Waals surface area contributed by atoms with Crippen molar-refractivity contribution in [2.24, 2.45) is 4.99 Å². The molecule has 0 amide bonds. The minimum atomic E-state index is 0. The van der Waals surface area contributed by atoms with Crippen LogP contribution in [0.5, 0.6) is 0 Å². The van der Waals surface area contributed by atoms with Crippen molar-refractivity contribution in [3.8, 4) is 0 Å². The zero-order valence-electron chi connectivity index (χ0n) is 16.9. The lowest BCUT2D eigenvalue weighted by atomic mass is 10.1. The van der Waals surface area contributed by atoms with Gasteiger partial charge in [-0.25, -0.2) is 0 Å². The van der Waals surface area contributed by atoms with Gasteiger partial charge in [0.15, 0.2) is 5.96 Å². The fourth-order valence-electron chi connectivity index (χ4n) is 3.94. The van der Waals surface area contributed by atoms with Crippen molar-refractivity contribution in [2.75, 3.05) is 66.6 Å². The molecule has 0 bridgehead atoms. The van der Waals surface area contributed by atoms with Gasteiger partial charge in [0, 0.05) is 46.4 Å². The van der Waals surface area contributed by atoms with Crippen LogP contribution in [0, 0.1) is 0 Å². The fraction of sp³-hybridized carbons (Fsp3) is 0.947. The highest BCUT2D eigenvalue weighted by atomic mass is 127. The maximum Gasteiger partial charge on any atom is 0.193 e. The van der Waals surface area contributed by atoms with Crippen LogP contribution >= 0.6 is 24.0 Å². The molecule has 0 aromatic heterocycles. The highest BCUT2D eigenvalue weighted by molar-refractivity contribution is 14.0. The van der Waals surface area contributed by atoms with Crippen molar-refractivity contribution < 1.29 is 14.2 Å². The predicted octanol–water partition coefficient (Wildman–Crippen LogP) is 1.56. The SMILES string of the molecule is CN=C(NCC1CN(C)CCO1)N1CCC(OCC2CCCCO2)CC1.I. The number of halogens is 1. The van der Waals surface area contributed by atoms with Gasteiger partial charge < -0.3 is 29.3 Å². The van der Waals surface area contributed by atoms with Gasteiger partial charge in [-0.3, -0.25) is 4.99 Å². The largest absolute Gasteiger partial charge is 0.376 e. The number of hydrogen-bond donors (Lipinski definition) is 1. The molecule has 0 radical (unpaired) electrons. The third-order valence-corrected chi connectivity index (χ3v) is 5.57. The van der Waals surface area contributed by atoms with Gasteiger partial charge in [0.2, 0.25) is 0 Å². The molecule has 3 heterocycles. The van der Waals surface area contributed by atoms with E-state index in [4.69, 9.17) is 14.2 Å². The smallest absolute Gasteiger partial charge is 0.193 e. The topological polar surface area (TPSA) is 58.6 Å². The molecule has 158 valence electrons. The van der Waals surface area contributed by atoms with E-state index < -0.39 is 0 Å². The monoisotopic (exact) mass is 496 g/mol. The Kier molecular flexibility index (Phi) is 10.6. The quantitative estimate of drug-likeness (QED) is 0.354. The van der Waals surface area contributed by atoms with Gasteiger partial charge >= 0.3 is 0 Å². The van der Waals surface area contributed by atoms with E-state index in [0.717, 1.165) is 77.8 Å². The van der Waals surface area contributed by atoms with E-state index in [0.29, 0.717) is 12.2 Å². The summed E-state index contributed by atoms with van der Waals surface area (Å²) < 4.78 is 17.7. The van der Waals surface area contributed by atoms with Crippen molar-refractivity contribution in [1.82, 2.24) is 15.1 Å². The first-order valence-corrected chi connectivity index (χ1v) is 10.2. The maximum atomic E-state index is 6.11. The predicted molar refractivity (Wildman–Crippen MR) is 118 cm³/mol. The van der Waals surface area contributed by atoms with Gasteiger partial charge in [-0.2, -0.15) is 0 Å². The van der Waals surface area contributed by atoms with Gasteiger partial charge in [-0.15, -0.1) is 24.0 Å². The van der Waals surface area contributed by atoms with Crippen LogP contribution in [0.2, 0.25) is 0 Å². The van der Waals surface area contributed by atoms with Gasteiger partial charge in [0.1, 0.15) is 0 Å². The molecule has 0 saturated carbocycles. The second-order valence-electron chi connectivity index (χ2n) is 7.69. The maximum absolute atomic E-state index is 6.11. The van der Waals surface area contributed by atoms with Crippen LogP contribution in [0.15, 0.2) is 4.99 Å². The summed E-state index contributed by atoms with van der Waals surface area (Å²) in [6.45, 7) is 7.25. The summed E-state index contributed by atoms with van der Waals surface area (Å²) in [5.41, 5.74) is 0. The number of aliphatic imine (C=N–C) groups is 1. The second kappa shape index (κ2) is 12.4. The Labute approximate surface area is 181 Å². The molecule has 3 aliphatic heterocycles. The first-order chi connectivity index (χ1) is 12.7. The minimum absolute atomic E-state index is 0. The minimum Gasteiger partial charge on any atom is -0.376 e. The molecule has 3 fully saturated rings. The van der Waals surface area contributed by atoms with Crippen molar-refractivity contribution in [3.05, 3.63) is 0 Å². The molecule has 2 unspecified atom stereocenters. The standard InChI is InChI=1S/C19H36N4O3.HI/c1-20-19(21-13-18-14-22(2)10-12-25-18)23-8-6-16(7-9-23)26-15-17-5-3-4-11-24-17;/h16-18H,3-15H2,1-2H3,(H,20,21);1H. The van der Waals surface area contributed by atoms with Crippen molar-refractivity contribution in [3.63, 3.8) is 0 Å². The normalized spacial score (nSPS) is 28.7. The number of guanidine groups is 1. The number of piperidine rings is 1. The molecule has 3 saturated heterocycles. The number of rotatable bonds is 5. The highest BCUT2D eigenvalue weighted by Crippen LogP contribution is 2.18. The first-order valence-electron chi connectivity index (χ1n) is 10.2. The number of morpholine rings is 1. The van der Waals surface area contributed by atoms with Gasteiger partial charge in [0.25, 0.3) is 0 Å². The summed E-state index contributed by atoms with van der Waals surface area (Å²) in [5, 5.41) is 3.49. The summed E-state index contributed by atoms with van der Waals surface area (Å²) in [6.07, 6.45) is 6.62. The Morgan fingerprint density at radius 2 is 1.85 bits per heavy atom. The molecule has 0 aromatic rings. The second-order valence-corrected chi connectivity index (χ2v) is 7.69. The third-order valence-electron chi connectivity index (χ3n) is 5.57. The lowest BCUT2D eigenvalue weighted by Crippen LogP contribution is -2.51. The zero-order chi connectivity index (χ0) is 18.2. The van der Waals surface area contributed by atoms with E-state index in [-0.39, 0.29) is 30.1 Å². The van der Waals surface area contributed by atoms with Gasteiger partial charge in [0.05, 0.1) is 31.5 Å². The van der Waals surface area contributed by atoms with Gasteiger partial charge in [-0.05, 0) is 39.2 Å². The number of likely N-dealkylation sites (N-methyl/N-ethyl adjacent to an activating group) is 1. The number of likely N-dealkylation sites (tertiary alicyclic amines) is 1. The van der Waals surface area contributed by atoms with Crippen LogP contribution in [0.4, 0.5) is 0 Å². The molecule has 0 aliphatic carbocycles. The average molecular weight is 496 g/mol. The number of hydrogen-bond acceptors (Lipinski definition) is 5. The Morgan fingerprint density at radius 3 is 2.52 bits per heavy atom. The Bertz CT molecular complexity index is 441. The van der Waals surface area contributed by atoms with E-state index >= 15 is 0 Å². The summed E-state index contributed by atoms with van der Waals surface area (Å²) in [4.78, 5) is 9.11. The molecule has 27 heavy (non-hydrogen) atoms. The molecule has 3 rings (SSSR count). The van der Waals surface area contributed by atoms with Gasteiger partial charge in [-0.1, -0.05) is 0 Å². The summed E-state index contributed by atoms with van der Waals surface area (Å²) in [5.74, 6) is 0.982. The van der Waals surface area contributed by atoms with Crippen LogP contribution in [-0.2, 0) is 14.2 Å².